The Bertz CT molecular complexity index is 419. The van der Waals surface area contributed by atoms with Gasteiger partial charge in [0.15, 0.2) is 0 Å². The summed E-state index contributed by atoms with van der Waals surface area (Å²) < 4.78 is 11.3. The molecule has 6 nitrogen and oxygen atoms in total. The fourth-order valence-electron chi connectivity index (χ4n) is 2.86. The number of carbonyl (C=O) groups is 2. The van der Waals surface area contributed by atoms with E-state index in [2.05, 4.69) is 5.32 Å². The summed E-state index contributed by atoms with van der Waals surface area (Å²) in [5.74, 6) is 0.277. The SMILES string of the molecule is CC1(C(=O)O)CCCCN1C(=O)NC1CCS(=O)CC1. The number of hydrogen-bond acceptors (Lipinski definition) is 3. The Labute approximate surface area is 121 Å². The summed E-state index contributed by atoms with van der Waals surface area (Å²) >= 11 is 0. The number of rotatable bonds is 2. The van der Waals surface area contributed by atoms with E-state index in [4.69, 9.17) is 0 Å². The Morgan fingerprint density at radius 3 is 2.55 bits per heavy atom. The van der Waals surface area contributed by atoms with Crippen LogP contribution in [0.3, 0.4) is 0 Å². The largest absolute Gasteiger partial charge is 0.480 e. The number of amides is 2. The van der Waals surface area contributed by atoms with E-state index in [0.717, 1.165) is 12.8 Å². The molecule has 114 valence electrons. The molecule has 1 unspecified atom stereocenters. The van der Waals surface area contributed by atoms with Crippen LogP contribution in [0.25, 0.3) is 0 Å². The summed E-state index contributed by atoms with van der Waals surface area (Å²) in [5.41, 5.74) is -1.11. The van der Waals surface area contributed by atoms with Crippen molar-refractivity contribution >= 4 is 22.8 Å². The molecule has 0 aromatic rings. The molecule has 0 radical (unpaired) electrons. The fraction of sp³-hybridized carbons (Fsp3) is 0.846. The van der Waals surface area contributed by atoms with E-state index in [9.17, 15) is 18.9 Å². The number of carboxylic acid groups (broad SMARTS) is 1. The summed E-state index contributed by atoms with van der Waals surface area (Å²) in [5, 5.41) is 12.3. The predicted molar refractivity (Wildman–Crippen MR) is 76.0 cm³/mol. The van der Waals surface area contributed by atoms with Crippen LogP contribution in [0.2, 0.25) is 0 Å². The normalized spacial score (nSPS) is 34.5. The molecule has 2 heterocycles. The third kappa shape index (κ3) is 3.13. The predicted octanol–water partition coefficient (Wildman–Crippen LogP) is 0.936. The number of nitrogens with one attached hydrogen (secondary N) is 1. The Morgan fingerprint density at radius 1 is 1.30 bits per heavy atom. The maximum Gasteiger partial charge on any atom is 0.329 e. The van der Waals surface area contributed by atoms with E-state index in [-0.39, 0.29) is 12.1 Å². The number of piperidine rings is 1. The van der Waals surface area contributed by atoms with Gasteiger partial charge in [0.05, 0.1) is 0 Å². The highest BCUT2D eigenvalue weighted by Gasteiger charge is 2.44. The lowest BCUT2D eigenvalue weighted by molar-refractivity contribution is -0.150. The molecule has 7 heteroatoms. The van der Waals surface area contributed by atoms with Gasteiger partial charge >= 0.3 is 12.0 Å². The molecule has 0 bridgehead atoms. The van der Waals surface area contributed by atoms with Crippen molar-refractivity contribution in [3.63, 3.8) is 0 Å². The van der Waals surface area contributed by atoms with Gasteiger partial charge < -0.3 is 15.3 Å². The molecular formula is C13H22N2O4S. The fourth-order valence-corrected chi connectivity index (χ4v) is 4.16. The molecule has 20 heavy (non-hydrogen) atoms. The quantitative estimate of drug-likeness (QED) is 0.794. The number of urea groups is 1. The summed E-state index contributed by atoms with van der Waals surface area (Å²) in [7, 11) is -0.762. The first-order valence-electron chi connectivity index (χ1n) is 7.10. The highest BCUT2D eigenvalue weighted by atomic mass is 32.2. The first kappa shape index (κ1) is 15.3. The molecule has 0 spiro atoms. The molecule has 2 fully saturated rings. The average molecular weight is 302 g/mol. The molecule has 2 saturated heterocycles. The maximum absolute atomic E-state index is 12.3. The molecule has 2 N–H and O–H groups in total. The standard InChI is InChI=1S/C13H22N2O4S/c1-13(11(16)17)6-2-3-7-15(13)12(18)14-10-4-8-20(19)9-5-10/h10H,2-9H2,1H3,(H,14,18)(H,16,17). The van der Waals surface area contributed by atoms with Gasteiger partial charge in [0.1, 0.15) is 5.54 Å². The summed E-state index contributed by atoms with van der Waals surface area (Å²) in [6.07, 6.45) is 3.57. The van der Waals surface area contributed by atoms with Crippen LogP contribution in [0.1, 0.15) is 39.0 Å². The average Bonchev–Trinajstić information content (AvgIpc) is 2.41. The topological polar surface area (TPSA) is 86.7 Å². The molecule has 2 aliphatic heterocycles. The lowest BCUT2D eigenvalue weighted by atomic mass is 9.89. The van der Waals surface area contributed by atoms with E-state index in [1.807, 2.05) is 0 Å². The number of nitrogens with zero attached hydrogens (tertiary/aromatic N) is 1. The van der Waals surface area contributed by atoms with Crippen molar-refractivity contribution in [2.75, 3.05) is 18.1 Å². The van der Waals surface area contributed by atoms with Crippen LogP contribution >= 0.6 is 0 Å². The first-order valence-corrected chi connectivity index (χ1v) is 8.59. The molecule has 2 aliphatic rings. The maximum atomic E-state index is 12.3. The third-order valence-electron chi connectivity index (χ3n) is 4.31. The zero-order chi connectivity index (χ0) is 14.8. The van der Waals surface area contributed by atoms with Gasteiger partial charge in [0.2, 0.25) is 0 Å². The number of carboxylic acids is 1. The van der Waals surface area contributed by atoms with E-state index in [1.54, 1.807) is 6.92 Å². The smallest absolute Gasteiger partial charge is 0.329 e. The van der Waals surface area contributed by atoms with Gasteiger partial charge in [0, 0.05) is 34.9 Å². The van der Waals surface area contributed by atoms with Gasteiger partial charge in [0.25, 0.3) is 0 Å². The third-order valence-corrected chi connectivity index (χ3v) is 5.69. The summed E-state index contributed by atoms with van der Waals surface area (Å²) in [6.45, 7) is 2.09. The van der Waals surface area contributed by atoms with Crippen molar-refractivity contribution < 1.29 is 18.9 Å². The van der Waals surface area contributed by atoms with E-state index >= 15 is 0 Å². The molecule has 0 aromatic carbocycles. The van der Waals surface area contributed by atoms with Crippen molar-refractivity contribution in [1.82, 2.24) is 10.2 Å². The minimum Gasteiger partial charge on any atom is -0.480 e. The Hall–Kier alpha value is -1.11. The molecule has 0 saturated carbocycles. The van der Waals surface area contributed by atoms with Gasteiger partial charge in [-0.1, -0.05) is 0 Å². The number of aliphatic carboxylic acids is 1. The highest BCUT2D eigenvalue weighted by molar-refractivity contribution is 7.85. The number of carbonyl (C=O) groups excluding carboxylic acids is 1. The minimum absolute atomic E-state index is 0.0140. The van der Waals surface area contributed by atoms with Crippen molar-refractivity contribution in [2.24, 2.45) is 0 Å². The second-order valence-electron chi connectivity index (χ2n) is 5.76. The van der Waals surface area contributed by atoms with Gasteiger partial charge in [-0.05, 0) is 39.0 Å². The lowest BCUT2D eigenvalue weighted by Gasteiger charge is -2.42. The summed E-state index contributed by atoms with van der Waals surface area (Å²) in [6, 6.07) is -0.285. The Kier molecular flexibility index (Phi) is 4.67. The molecular weight excluding hydrogens is 280 g/mol. The van der Waals surface area contributed by atoms with Gasteiger partial charge in [-0.2, -0.15) is 0 Å². The monoisotopic (exact) mass is 302 g/mol. The number of likely N-dealkylation sites (tertiary alicyclic amines) is 1. The van der Waals surface area contributed by atoms with Crippen LogP contribution < -0.4 is 5.32 Å². The van der Waals surface area contributed by atoms with Crippen LogP contribution in [0.15, 0.2) is 0 Å². The van der Waals surface area contributed by atoms with Crippen molar-refractivity contribution in [1.29, 1.82) is 0 Å². The second-order valence-corrected chi connectivity index (χ2v) is 7.46. The van der Waals surface area contributed by atoms with E-state index in [1.165, 1.54) is 4.90 Å². The molecule has 1 atom stereocenters. The zero-order valence-electron chi connectivity index (χ0n) is 11.8. The molecule has 2 amide bonds. The van der Waals surface area contributed by atoms with Crippen LogP contribution in [0.5, 0.6) is 0 Å². The molecule has 2 rings (SSSR count). The van der Waals surface area contributed by atoms with Crippen LogP contribution in [-0.4, -0.2) is 55.8 Å². The molecule has 0 aromatic heterocycles. The minimum atomic E-state index is -1.11. The van der Waals surface area contributed by atoms with Gasteiger partial charge in [-0.25, -0.2) is 9.59 Å². The van der Waals surface area contributed by atoms with E-state index in [0.29, 0.717) is 37.3 Å². The van der Waals surface area contributed by atoms with Gasteiger partial charge in [-0.15, -0.1) is 0 Å². The van der Waals surface area contributed by atoms with Crippen molar-refractivity contribution in [3.8, 4) is 0 Å². The van der Waals surface area contributed by atoms with E-state index < -0.39 is 22.3 Å². The summed E-state index contributed by atoms with van der Waals surface area (Å²) in [4.78, 5) is 25.3. The highest BCUT2D eigenvalue weighted by Crippen LogP contribution is 2.28. The van der Waals surface area contributed by atoms with Crippen LogP contribution in [-0.2, 0) is 15.6 Å². The second kappa shape index (κ2) is 6.11. The van der Waals surface area contributed by atoms with Crippen LogP contribution in [0.4, 0.5) is 4.79 Å². The first-order chi connectivity index (χ1) is 9.43. The lowest BCUT2D eigenvalue weighted by Crippen LogP contribution is -2.61. The Balaban J connectivity index is 1.99. The van der Waals surface area contributed by atoms with Crippen molar-refractivity contribution in [2.45, 2.75) is 50.6 Å². The zero-order valence-corrected chi connectivity index (χ0v) is 12.6. The molecule has 0 aliphatic carbocycles. The van der Waals surface area contributed by atoms with Crippen molar-refractivity contribution in [3.05, 3.63) is 0 Å². The number of hydrogen-bond donors (Lipinski definition) is 2. The van der Waals surface area contributed by atoms with Crippen LogP contribution in [0, 0.1) is 0 Å². The Morgan fingerprint density at radius 2 is 1.95 bits per heavy atom. The van der Waals surface area contributed by atoms with Gasteiger partial charge in [-0.3, -0.25) is 4.21 Å².